The molecule has 0 aromatic carbocycles. The summed E-state index contributed by atoms with van der Waals surface area (Å²) in [4.78, 5) is 13.2. The minimum atomic E-state index is -0.215. The molecule has 5 heterocycles. The summed E-state index contributed by atoms with van der Waals surface area (Å²) < 4.78 is 13.6. The van der Waals surface area contributed by atoms with E-state index in [-0.39, 0.29) is 5.13 Å². The number of halogens is 1. The molecule has 0 spiro atoms. The highest BCUT2D eigenvalue weighted by Gasteiger charge is 2.16. The monoisotopic (exact) mass is 455 g/mol. The van der Waals surface area contributed by atoms with E-state index in [0.717, 1.165) is 72.6 Å². The second-order valence-corrected chi connectivity index (χ2v) is 8.68. The Balaban J connectivity index is 1.63. The lowest BCUT2D eigenvalue weighted by molar-refractivity contribution is 0.657. The van der Waals surface area contributed by atoms with Gasteiger partial charge in [-0.05, 0) is 48.8 Å². The Hall–Kier alpha value is -3.84. The second-order valence-electron chi connectivity index (χ2n) is 7.65. The van der Waals surface area contributed by atoms with Crippen LogP contribution in [0.4, 0.5) is 4.39 Å². The molecule has 0 fully saturated rings. The first-order chi connectivity index (χ1) is 16.1. The topological polar surface area (TPSA) is 70.2 Å². The predicted molar refractivity (Wildman–Crippen MR) is 134 cm³/mol. The molecule has 0 saturated carbocycles. The molecule has 5 aromatic heterocycles. The van der Waals surface area contributed by atoms with Crippen molar-refractivity contribution in [3.63, 3.8) is 0 Å². The predicted octanol–water partition coefficient (Wildman–Crippen LogP) is 7.29. The number of rotatable bonds is 6. The number of thiophene rings is 1. The highest BCUT2D eigenvalue weighted by Crippen LogP contribution is 2.36. The molecule has 7 heteroatoms. The van der Waals surface area contributed by atoms with Gasteiger partial charge in [-0.3, -0.25) is 10.1 Å². The van der Waals surface area contributed by atoms with Gasteiger partial charge in [0.1, 0.15) is 0 Å². The largest absolute Gasteiger partial charge is 0.352 e. The summed E-state index contributed by atoms with van der Waals surface area (Å²) in [5, 5.41) is 9.21. The minimum Gasteiger partial charge on any atom is -0.352 e. The standard InChI is InChI=1S/C26H22FN5S/c1-4-15(5-2)9-16(6-3)17-10-19-25(31-32-26(19)29-12-17)21-11-18-20(13-28-14-22(18)30-21)23-7-8-24(27)33-23/h4,6-14,30H,1,5H2,2-3H3,(H,29,31,32)/b15-9+,16-6+. The number of pyridine rings is 2. The number of aromatic nitrogens is 5. The third-order valence-electron chi connectivity index (χ3n) is 5.72. The van der Waals surface area contributed by atoms with Gasteiger partial charge in [-0.25, -0.2) is 4.98 Å². The maximum Gasteiger partial charge on any atom is 0.181 e. The smallest absolute Gasteiger partial charge is 0.181 e. The van der Waals surface area contributed by atoms with Crippen LogP contribution in [0.25, 0.3) is 49.3 Å². The highest BCUT2D eigenvalue weighted by atomic mass is 32.1. The third kappa shape index (κ3) is 3.81. The van der Waals surface area contributed by atoms with Gasteiger partial charge in [0.15, 0.2) is 10.8 Å². The Morgan fingerprint density at radius 1 is 1.18 bits per heavy atom. The number of aromatic amines is 2. The molecule has 0 aliphatic rings. The van der Waals surface area contributed by atoms with Crippen LogP contribution in [0.2, 0.25) is 0 Å². The Labute approximate surface area is 194 Å². The first kappa shape index (κ1) is 21.0. The van der Waals surface area contributed by atoms with Gasteiger partial charge in [-0.15, -0.1) is 11.3 Å². The molecule has 5 aromatic rings. The molecule has 33 heavy (non-hydrogen) atoms. The summed E-state index contributed by atoms with van der Waals surface area (Å²) in [7, 11) is 0. The molecule has 0 atom stereocenters. The highest BCUT2D eigenvalue weighted by molar-refractivity contribution is 7.14. The van der Waals surface area contributed by atoms with Crippen molar-refractivity contribution in [3.05, 3.63) is 83.9 Å². The van der Waals surface area contributed by atoms with E-state index in [1.54, 1.807) is 18.5 Å². The van der Waals surface area contributed by atoms with Crippen LogP contribution in [0.3, 0.4) is 0 Å². The molecule has 0 bridgehead atoms. The summed E-state index contributed by atoms with van der Waals surface area (Å²) in [6.45, 7) is 8.03. The molecular weight excluding hydrogens is 433 g/mol. The zero-order valence-electron chi connectivity index (χ0n) is 18.3. The number of hydrogen-bond acceptors (Lipinski definition) is 4. The summed E-state index contributed by atoms with van der Waals surface area (Å²) in [6, 6.07) is 7.41. The molecule has 164 valence electrons. The van der Waals surface area contributed by atoms with Crippen molar-refractivity contribution in [2.24, 2.45) is 0 Å². The molecule has 0 unspecified atom stereocenters. The fourth-order valence-corrected chi connectivity index (χ4v) is 4.70. The van der Waals surface area contributed by atoms with E-state index in [9.17, 15) is 4.39 Å². The summed E-state index contributed by atoms with van der Waals surface area (Å²) in [5.74, 6) is 0. The third-order valence-corrected chi connectivity index (χ3v) is 6.63. The maximum atomic E-state index is 13.6. The number of allylic oxidation sites excluding steroid dienone is 5. The van der Waals surface area contributed by atoms with Crippen molar-refractivity contribution in [2.75, 3.05) is 0 Å². The van der Waals surface area contributed by atoms with Gasteiger partial charge in [0.25, 0.3) is 0 Å². The summed E-state index contributed by atoms with van der Waals surface area (Å²) >= 11 is 1.11. The SMILES string of the molecule is C=C/C(=C\C(=C/C)c1cnc2n[nH]c(-c3cc4c(-c5ccc(F)s5)cncc4[nH]3)c2c1)CC. The lowest BCUT2D eigenvalue weighted by atomic mass is 10.0. The zero-order valence-corrected chi connectivity index (χ0v) is 19.1. The van der Waals surface area contributed by atoms with Crippen LogP contribution < -0.4 is 0 Å². The average molecular weight is 456 g/mol. The lowest BCUT2D eigenvalue weighted by Gasteiger charge is -2.05. The quantitative estimate of drug-likeness (QED) is 0.264. The molecular formula is C26H22FN5S. The molecule has 5 nitrogen and oxygen atoms in total. The van der Waals surface area contributed by atoms with E-state index >= 15 is 0 Å². The fourth-order valence-electron chi connectivity index (χ4n) is 3.94. The zero-order chi connectivity index (χ0) is 22.9. The first-order valence-corrected chi connectivity index (χ1v) is 11.5. The van der Waals surface area contributed by atoms with E-state index in [1.807, 2.05) is 25.3 Å². The van der Waals surface area contributed by atoms with Crippen molar-refractivity contribution >= 4 is 38.8 Å². The van der Waals surface area contributed by atoms with Crippen LogP contribution in [0, 0.1) is 5.13 Å². The first-order valence-electron chi connectivity index (χ1n) is 10.7. The van der Waals surface area contributed by atoms with Crippen molar-refractivity contribution in [2.45, 2.75) is 20.3 Å². The Morgan fingerprint density at radius 3 is 2.79 bits per heavy atom. The number of hydrogen-bond donors (Lipinski definition) is 2. The van der Waals surface area contributed by atoms with Gasteiger partial charge in [0.2, 0.25) is 0 Å². The Bertz CT molecular complexity index is 1550. The van der Waals surface area contributed by atoms with E-state index < -0.39 is 0 Å². The van der Waals surface area contributed by atoms with Crippen LogP contribution in [-0.4, -0.2) is 25.1 Å². The molecule has 0 saturated heterocycles. The van der Waals surface area contributed by atoms with E-state index in [1.165, 1.54) is 6.07 Å². The van der Waals surface area contributed by atoms with Crippen molar-refractivity contribution in [1.29, 1.82) is 0 Å². The van der Waals surface area contributed by atoms with Crippen molar-refractivity contribution in [1.82, 2.24) is 25.1 Å². The number of fused-ring (bicyclic) bond motifs is 2. The Kier molecular flexibility index (Phi) is 5.48. The van der Waals surface area contributed by atoms with Crippen molar-refractivity contribution in [3.8, 4) is 21.8 Å². The lowest BCUT2D eigenvalue weighted by Crippen LogP contribution is -1.87. The van der Waals surface area contributed by atoms with Gasteiger partial charge in [0.05, 0.1) is 23.1 Å². The van der Waals surface area contributed by atoms with Crippen LogP contribution in [-0.2, 0) is 0 Å². The van der Waals surface area contributed by atoms with Crippen LogP contribution in [0.1, 0.15) is 25.8 Å². The second kappa shape index (κ2) is 8.60. The van der Waals surface area contributed by atoms with Crippen LogP contribution >= 0.6 is 11.3 Å². The van der Waals surface area contributed by atoms with Gasteiger partial charge < -0.3 is 4.98 Å². The van der Waals surface area contributed by atoms with Gasteiger partial charge in [-0.1, -0.05) is 31.7 Å². The molecule has 5 rings (SSSR count). The van der Waals surface area contributed by atoms with E-state index in [0.29, 0.717) is 5.65 Å². The van der Waals surface area contributed by atoms with Gasteiger partial charge in [0, 0.05) is 39.2 Å². The number of nitrogens with one attached hydrogen (secondary N) is 2. The van der Waals surface area contributed by atoms with Crippen LogP contribution in [0.15, 0.2) is 73.2 Å². The average Bonchev–Trinajstić information content (AvgIpc) is 3.56. The summed E-state index contributed by atoms with van der Waals surface area (Å²) in [6.07, 6.45) is 12.4. The molecule has 0 aliphatic carbocycles. The summed E-state index contributed by atoms with van der Waals surface area (Å²) in [5.41, 5.74) is 7.38. The Morgan fingerprint density at radius 2 is 2.06 bits per heavy atom. The normalized spacial score (nSPS) is 12.7. The van der Waals surface area contributed by atoms with Crippen LogP contribution in [0.5, 0.6) is 0 Å². The molecule has 0 aliphatic heterocycles. The molecule has 0 amide bonds. The number of H-pyrrole nitrogens is 2. The fraction of sp³-hybridized carbons (Fsp3) is 0.115. The minimum absolute atomic E-state index is 0.215. The van der Waals surface area contributed by atoms with Crippen molar-refractivity contribution < 1.29 is 4.39 Å². The van der Waals surface area contributed by atoms with E-state index in [4.69, 9.17) is 0 Å². The van der Waals surface area contributed by atoms with Gasteiger partial charge in [-0.2, -0.15) is 9.49 Å². The van der Waals surface area contributed by atoms with E-state index in [2.05, 4.69) is 56.9 Å². The van der Waals surface area contributed by atoms with Gasteiger partial charge >= 0.3 is 0 Å². The molecule has 2 N–H and O–H groups in total. The number of nitrogens with zero attached hydrogens (tertiary/aromatic N) is 3. The molecule has 0 radical (unpaired) electrons. The maximum absolute atomic E-state index is 13.6.